The molecule has 1 unspecified atom stereocenters. The summed E-state index contributed by atoms with van der Waals surface area (Å²) >= 11 is 0.862. The Bertz CT molecular complexity index is 1030. The van der Waals surface area contributed by atoms with E-state index >= 15 is 0 Å². The lowest BCUT2D eigenvalue weighted by atomic mass is 9.94. The lowest BCUT2D eigenvalue weighted by Crippen LogP contribution is -2.50. The number of nitrogens with zero attached hydrogens (tertiary/aromatic N) is 2. The van der Waals surface area contributed by atoms with Crippen molar-refractivity contribution in [2.24, 2.45) is 5.41 Å². The van der Waals surface area contributed by atoms with E-state index in [-0.39, 0.29) is 36.9 Å². The first-order valence-electron chi connectivity index (χ1n) is 10.9. The zero-order valence-electron chi connectivity index (χ0n) is 18.9. The number of carbonyl (C=O) groups is 4. The van der Waals surface area contributed by atoms with Crippen molar-refractivity contribution < 1.29 is 28.7 Å². The van der Waals surface area contributed by atoms with E-state index in [2.05, 4.69) is 5.32 Å². The average molecular weight is 474 g/mol. The highest BCUT2D eigenvalue weighted by Gasteiger charge is 2.39. The Balaban J connectivity index is 1.33. The Labute approximate surface area is 196 Å². The molecule has 0 aliphatic carbocycles. The zero-order chi connectivity index (χ0) is 23.8. The number of hydrogen-bond acceptors (Lipinski definition) is 7. The minimum atomic E-state index is -0.560. The minimum absolute atomic E-state index is 0.0558. The van der Waals surface area contributed by atoms with Crippen LogP contribution in [-0.2, 0) is 14.4 Å². The SMILES string of the molecule is CC(C)(C)C(=O)N1CCCC1C(=O)NCCN1C(=O)S/C(=C/c2ccc3c(c2)OCO3)C1=O. The zero-order valence-corrected chi connectivity index (χ0v) is 19.7. The number of hydrogen-bond donors (Lipinski definition) is 1. The first-order chi connectivity index (χ1) is 15.6. The van der Waals surface area contributed by atoms with Gasteiger partial charge in [0.25, 0.3) is 11.1 Å². The molecule has 10 heteroatoms. The van der Waals surface area contributed by atoms with Gasteiger partial charge in [0.15, 0.2) is 11.5 Å². The molecule has 9 nitrogen and oxygen atoms in total. The van der Waals surface area contributed by atoms with Crippen LogP contribution in [0.3, 0.4) is 0 Å². The Kier molecular flexibility index (Phi) is 6.38. The molecule has 33 heavy (non-hydrogen) atoms. The molecule has 4 rings (SSSR count). The van der Waals surface area contributed by atoms with Crippen molar-refractivity contribution in [1.82, 2.24) is 15.1 Å². The highest BCUT2D eigenvalue weighted by atomic mass is 32.2. The number of likely N-dealkylation sites (tertiary alicyclic amines) is 1. The standard InChI is InChI=1S/C23H27N3O6S/c1-23(2,3)21(29)25-9-4-5-15(25)19(27)24-8-10-26-20(28)18(33-22(26)30)12-14-6-7-16-17(11-14)32-13-31-16/h6-7,11-12,15H,4-5,8-10,13H2,1-3H3,(H,24,27)/b18-12+. The van der Waals surface area contributed by atoms with E-state index in [0.717, 1.165) is 28.6 Å². The van der Waals surface area contributed by atoms with Gasteiger partial charge in [-0.3, -0.25) is 24.1 Å². The molecule has 1 aromatic rings. The minimum Gasteiger partial charge on any atom is -0.454 e. The van der Waals surface area contributed by atoms with E-state index in [1.807, 2.05) is 20.8 Å². The van der Waals surface area contributed by atoms with Crippen molar-refractivity contribution in [2.75, 3.05) is 26.4 Å². The van der Waals surface area contributed by atoms with E-state index in [1.165, 1.54) is 0 Å². The summed E-state index contributed by atoms with van der Waals surface area (Å²) in [5.74, 6) is 0.521. The Morgan fingerprint density at radius 2 is 1.97 bits per heavy atom. The van der Waals surface area contributed by atoms with Crippen molar-refractivity contribution in [3.63, 3.8) is 0 Å². The van der Waals surface area contributed by atoms with E-state index in [9.17, 15) is 19.2 Å². The van der Waals surface area contributed by atoms with Crippen LogP contribution in [0.25, 0.3) is 6.08 Å². The van der Waals surface area contributed by atoms with Gasteiger partial charge in [0, 0.05) is 25.0 Å². The first kappa shape index (κ1) is 23.2. The second-order valence-corrected chi connectivity index (χ2v) is 10.1. The van der Waals surface area contributed by atoms with Gasteiger partial charge in [-0.1, -0.05) is 26.8 Å². The van der Waals surface area contributed by atoms with Crippen molar-refractivity contribution in [3.8, 4) is 11.5 Å². The molecule has 2 saturated heterocycles. The molecule has 0 radical (unpaired) electrons. The fourth-order valence-corrected chi connectivity index (χ4v) is 4.83. The molecule has 176 valence electrons. The monoisotopic (exact) mass is 473 g/mol. The summed E-state index contributed by atoms with van der Waals surface area (Å²) in [6, 6.07) is 4.78. The molecule has 0 bridgehead atoms. The quantitative estimate of drug-likeness (QED) is 0.656. The molecule has 1 N–H and O–H groups in total. The lowest BCUT2D eigenvalue weighted by molar-refractivity contribution is -0.144. The number of carbonyl (C=O) groups excluding carboxylic acids is 4. The van der Waals surface area contributed by atoms with Gasteiger partial charge < -0.3 is 19.7 Å². The first-order valence-corrected chi connectivity index (χ1v) is 11.7. The summed E-state index contributed by atoms with van der Waals surface area (Å²) in [4.78, 5) is 53.5. The van der Waals surface area contributed by atoms with Crippen LogP contribution in [0, 0.1) is 5.41 Å². The van der Waals surface area contributed by atoms with Crippen LogP contribution in [0.2, 0.25) is 0 Å². The number of benzene rings is 1. The number of rotatable bonds is 5. The number of ether oxygens (including phenoxy) is 2. The van der Waals surface area contributed by atoms with Crippen LogP contribution in [0.15, 0.2) is 23.1 Å². The van der Waals surface area contributed by atoms with Crippen molar-refractivity contribution in [2.45, 2.75) is 39.7 Å². The molecule has 1 aromatic carbocycles. The number of nitrogens with one attached hydrogen (secondary N) is 1. The van der Waals surface area contributed by atoms with E-state index in [4.69, 9.17) is 9.47 Å². The van der Waals surface area contributed by atoms with Crippen molar-refractivity contribution in [1.29, 1.82) is 0 Å². The molecule has 3 aliphatic rings. The van der Waals surface area contributed by atoms with E-state index in [1.54, 1.807) is 29.2 Å². The van der Waals surface area contributed by atoms with Gasteiger partial charge in [0.2, 0.25) is 18.6 Å². The van der Waals surface area contributed by atoms with Gasteiger partial charge in [0.05, 0.1) is 4.91 Å². The van der Waals surface area contributed by atoms with Gasteiger partial charge in [-0.2, -0.15) is 0 Å². The number of fused-ring (bicyclic) bond motifs is 1. The van der Waals surface area contributed by atoms with Crippen LogP contribution in [0.5, 0.6) is 11.5 Å². The van der Waals surface area contributed by atoms with Gasteiger partial charge in [-0.05, 0) is 48.4 Å². The van der Waals surface area contributed by atoms with E-state index in [0.29, 0.717) is 29.4 Å². The topological polar surface area (TPSA) is 105 Å². The summed E-state index contributed by atoms with van der Waals surface area (Å²) in [6.45, 7) is 6.40. The summed E-state index contributed by atoms with van der Waals surface area (Å²) in [5, 5.41) is 2.40. The fraction of sp³-hybridized carbons (Fsp3) is 0.478. The van der Waals surface area contributed by atoms with Crippen LogP contribution in [0.1, 0.15) is 39.2 Å². The normalized spacial score (nSPS) is 21.3. The second kappa shape index (κ2) is 9.09. The third kappa shape index (κ3) is 4.85. The molecule has 0 saturated carbocycles. The summed E-state index contributed by atoms with van der Waals surface area (Å²) < 4.78 is 10.6. The number of thioether (sulfide) groups is 1. The smallest absolute Gasteiger partial charge is 0.293 e. The second-order valence-electron chi connectivity index (χ2n) is 9.14. The van der Waals surface area contributed by atoms with Crippen LogP contribution in [0.4, 0.5) is 4.79 Å². The Morgan fingerprint density at radius 3 is 2.73 bits per heavy atom. The van der Waals surface area contributed by atoms with Crippen LogP contribution >= 0.6 is 11.8 Å². The highest BCUT2D eigenvalue weighted by Crippen LogP contribution is 2.36. The molecule has 4 amide bonds. The van der Waals surface area contributed by atoms with Crippen LogP contribution in [-0.4, -0.2) is 65.2 Å². The maximum absolute atomic E-state index is 12.7. The van der Waals surface area contributed by atoms with Gasteiger partial charge >= 0.3 is 0 Å². The predicted molar refractivity (Wildman–Crippen MR) is 122 cm³/mol. The molecular formula is C23H27N3O6S. The molecule has 3 aliphatic heterocycles. The van der Waals surface area contributed by atoms with Crippen molar-refractivity contribution >= 4 is 40.8 Å². The van der Waals surface area contributed by atoms with E-state index < -0.39 is 17.4 Å². The largest absolute Gasteiger partial charge is 0.454 e. The molecule has 2 fully saturated rings. The molecule has 0 spiro atoms. The molecule has 1 atom stereocenters. The van der Waals surface area contributed by atoms with Gasteiger partial charge in [-0.15, -0.1) is 0 Å². The van der Waals surface area contributed by atoms with Crippen molar-refractivity contribution in [3.05, 3.63) is 28.7 Å². The highest BCUT2D eigenvalue weighted by molar-refractivity contribution is 8.18. The number of amides is 4. The fourth-order valence-electron chi connectivity index (χ4n) is 3.97. The maximum Gasteiger partial charge on any atom is 0.293 e. The summed E-state index contributed by atoms with van der Waals surface area (Å²) in [6.07, 6.45) is 3.01. The van der Waals surface area contributed by atoms with Crippen LogP contribution < -0.4 is 14.8 Å². The Morgan fingerprint density at radius 1 is 1.21 bits per heavy atom. The molecule has 0 aromatic heterocycles. The predicted octanol–water partition coefficient (Wildman–Crippen LogP) is 2.60. The third-order valence-corrected chi connectivity index (χ3v) is 6.57. The maximum atomic E-state index is 12.7. The molecule has 3 heterocycles. The third-order valence-electron chi connectivity index (χ3n) is 5.66. The van der Waals surface area contributed by atoms with Gasteiger partial charge in [-0.25, -0.2) is 0 Å². The average Bonchev–Trinajstić information content (AvgIpc) is 3.48. The van der Waals surface area contributed by atoms with Gasteiger partial charge in [0.1, 0.15) is 6.04 Å². The lowest BCUT2D eigenvalue weighted by Gasteiger charge is -2.30. The summed E-state index contributed by atoms with van der Waals surface area (Å²) in [7, 11) is 0. The summed E-state index contributed by atoms with van der Waals surface area (Å²) in [5.41, 5.74) is 0.165. The molecular weight excluding hydrogens is 446 g/mol. The Hall–Kier alpha value is -3.01. The number of imide groups is 1.